The number of halogens is 3. The van der Waals surface area contributed by atoms with Crippen LogP contribution in [0.15, 0.2) is 42.5 Å². The van der Waals surface area contributed by atoms with Gasteiger partial charge in [-0.2, -0.15) is 0 Å². The monoisotopic (exact) mass is 411 g/mol. The van der Waals surface area contributed by atoms with E-state index in [4.69, 9.17) is 39.5 Å². The summed E-state index contributed by atoms with van der Waals surface area (Å²) in [5, 5.41) is 3.99. The van der Waals surface area contributed by atoms with Crippen molar-refractivity contribution in [2.45, 2.75) is 20.0 Å². The molecule has 0 saturated heterocycles. The lowest BCUT2D eigenvalue weighted by atomic mass is 10.2. The molecule has 1 unspecified atom stereocenters. The highest BCUT2D eigenvalue weighted by atomic mass is 35.5. The Kier molecular flexibility index (Phi) is 7.09. The quantitative estimate of drug-likeness (QED) is 0.518. The molecule has 0 aromatic heterocycles. The maximum absolute atomic E-state index is 12.1. The summed E-state index contributed by atoms with van der Waals surface area (Å²) in [6.07, 6.45) is 1.77. The number of esters is 1. The molecule has 0 aliphatic carbocycles. The van der Waals surface area contributed by atoms with Crippen LogP contribution in [0.2, 0.25) is 15.1 Å². The molecular formula is C19H16Cl3NO3. The number of nitrogens with one attached hydrogen (secondary N) is 1. The average Bonchev–Trinajstić information content (AvgIpc) is 2.59. The van der Waals surface area contributed by atoms with Crippen LogP contribution in [0.3, 0.4) is 0 Å². The van der Waals surface area contributed by atoms with Crippen LogP contribution in [-0.4, -0.2) is 18.0 Å². The summed E-state index contributed by atoms with van der Waals surface area (Å²) in [7, 11) is 0. The van der Waals surface area contributed by atoms with Gasteiger partial charge in [-0.1, -0.05) is 46.9 Å². The van der Waals surface area contributed by atoms with E-state index in [1.165, 1.54) is 19.1 Å². The van der Waals surface area contributed by atoms with Crippen LogP contribution < -0.4 is 5.32 Å². The van der Waals surface area contributed by atoms with Gasteiger partial charge in [0.25, 0.3) is 5.91 Å². The Balaban J connectivity index is 1.92. The number of benzene rings is 2. The summed E-state index contributed by atoms with van der Waals surface area (Å²) in [5.74, 6) is -1.11. The van der Waals surface area contributed by atoms with Gasteiger partial charge in [-0.05, 0) is 55.3 Å². The molecule has 136 valence electrons. The number of ether oxygens (including phenoxy) is 1. The van der Waals surface area contributed by atoms with Crippen molar-refractivity contribution in [3.63, 3.8) is 0 Å². The normalized spacial score (nSPS) is 12.0. The Hall–Kier alpha value is -2.01. The molecule has 0 aliphatic heterocycles. The average molecular weight is 413 g/mol. The fourth-order valence-corrected chi connectivity index (χ4v) is 2.45. The van der Waals surface area contributed by atoms with Crippen molar-refractivity contribution in [3.05, 3.63) is 68.7 Å². The number of anilines is 1. The van der Waals surface area contributed by atoms with Gasteiger partial charge in [0.2, 0.25) is 0 Å². The zero-order valence-corrected chi connectivity index (χ0v) is 16.3. The Morgan fingerprint density at radius 1 is 1.04 bits per heavy atom. The highest BCUT2D eigenvalue weighted by Crippen LogP contribution is 2.23. The molecule has 0 bridgehead atoms. The summed E-state index contributed by atoms with van der Waals surface area (Å²) in [5.41, 5.74) is 2.11. The lowest BCUT2D eigenvalue weighted by Crippen LogP contribution is -2.29. The van der Waals surface area contributed by atoms with E-state index < -0.39 is 18.0 Å². The van der Waals surface area contributed by atoms with Crippen molar-refractivity contribution in [1.82, 2.24) is 0 Å². The van der Waals surface area contributed by atoms with Gasteiger partial charge >= 0.3 is 5.97 Å². The SMILES string of the molecule is Cc1ccc(NC(=O)C(C)OC(=O)C=Cc2ccc(Cl)c(Cl)c2)cc1Cl. The van der Waals surface area contributed by atoms with Crippen molar-refractivity contribution in [2.75, 3.05) is 5.32 Å². The van der Waals surface area contributed by atoms with Crippen molar-refractivity contribution >= 4 is 58.4 Å². The van der Waals surface area contributed by atoms with Gasteiger partial charge in [0.05, 0.1) is 10.0 Å². The number of aryl methyl sites for hydroxylation is 1. The van der Waals surface area contributed by atoms with E-state index in [-0.39, 0.29) is 0 Å². The molecule has 26 heavy (non-hydrogen) atoms. The Bertz CT molecular complexity index is 865. The Morgan fingerprint density at radius 3 is 2.42 bits per heavy atom. The minimum Gasteiger partial charge on any atom is -0.449 e. The molecule has 1 atom stereocenters. The third-order valence-corrected chi connectivity index (χ3v) is 4.60. The van der Waals surface area contributed by atoms with Gasteiger partial charge in [-0.25, -0.2) is 4.79 Å². The fourth-order valence-electron chi connectivity index (χ4n) is 1.96. The van der Waals surface area contributed by atoms with Gasteiger partial charge in [-0.3, -0.25) is 4.79 Å². The molecule has 2 rings (SSSR count). The first-order chi connectivity index (χ1) is 12.3. The fraction of sp³-hybridized carbons (Fsp3) is 0.158. The number of carbonyl (C=O) groups excluding carboxylic acids is 2. The first-order valence-corrected chi connectivity index (χ1v) is 8.80. The van der Waals surface area contributed by atoms with E-state index in [0.717, 1.165) is 5.56 Å². The summed E-state index contributed by atoms with van der Waals surface area (Å²) < 4.78 is 5.08. The van der Waals surface area contributed by atoms with Crippen LogP contribution in [0.25, 0.3) is 6.08 Å². The van der Waals surface area contributed by atoms with Crippen LogP contribution in [0.4, 0.5) is 5.69 Å². The van der Waals surface area contributed by atoms with E-state index in [0.29, 0.717) is 26.3 Å². The molecule has 0 aliphatic rings. The van der Waals surface area contributed by atoms with Gasteiger partial charge in [0.15, 0.2) is 6.10 Å². The summed E-state index contributed by atoms with van der Waals surface area (Å²) in [6.45, 7) is 3.34. The zero-order chi connectivity index (χ0) is 19.3. The van der Waals surface area contributed by atoms with Gasteiger partial charge < -0.3 is 10.1 Å². The van der Waals surface area contributed by atoms with Crippen molar-refractivity contribution in [3.8, 4) is 0 Å². The first-order valence-electron chi connectivity index (χ1n) is 7.67. The molecule has 4 nitrogen and oxygen atoms in total. The van der Waals surface area contributed by atoms with E-state index in [9.17, 15) is 9.59 Å². The molecule has 7 heteroatoms. The number of hydrogen-bond acceptors (Lipinski definition) is 3. The van der Waals surface area contributed by atoms with Crippen molar-refractivity contribution < 1.29 is 14.3 Å². The molecule has 2 aromatic carbocycles. The maximum Gasteiger partial charge on any atom is 0.331 e. The van der Waals surface area contributed by atoms with Crippen LogP contribution >= 0.6 is 34.8 Å². The molecule has 0 spiro atoms. The van der Waals surface area contributed by atoms with Crippen molar-refractivity contribution in [1.29, 1.82) is 0 Å². The van der Waals surface area contributed by atoms with E-state index in [1.54, 1.807) is 36.4 Å². The third-order valence-electron chi connectivity index (χ3n) is 3.46. The number of carbonyl (C=O) groups is 2. The number of rotatable bonds is 5. The van der Waals surface area contributed by atoms with Crippen LogP contribution in [0.1, 0.15) is 18.1 Å². The standard InChI is InChI=1S/C19H16Cl3NO3/c1-11-3-6-14(10-16(11)21)23-19(25)12(2)26-18(24)8-5-13-4-7-15(20)17(22)9-13/h3-10,12H,1-2H3,(H,23,25). The smallest absolute Gasteiger partial charge is 0.331 e. The van der Waals surface area contributed by atoms with Gasteiger partial charge in [0, 0.05) is 16.8 Å². The van der Waals surface area contributed by atoms with Crippen molar-refractivity contribution in [2.24, 2.45) is 0 Å². The molecule has 1 amide bonds. The minimum atomic E-state index is -0.971. The van der Waals surface area contributed by atoms with E-state index >= 15 is 0 Å². The Morgan fingerprint density at radius 2 is 1.77 bits per heavy atom. The topological polar surface area (TPSA) is 55.4 Å². The number of amides is 1. The molecule has 2 aromatic rings. The summed E-state index contributed by atoms with van der Waals surface area (Å²) >= 11 is 17.8. The largest absolute Gasteiger partial charge is 0.449 e. The van der Waals surface area contributed by atoms with Gasteiger partial charge in [-0.15, -0.1) is 0 Å². The summed E-state index contributed by atoms with van der Waals surface area (Å²) in [4.78, 5) is 24.0. The molecule has 0 radical (unpaired) electrons. The predicted octanol–water partition coefficient (Wildman–Crippen LogP) is 5.54. The molecule has 0 saturated carbocycles. The maximum atomic E-state index is 12.1. The zero-order valence-electron chi connectivity index (χ0n) is 14.1. The lowest BCUT2D eigenvalue weighted by Gasteiger charge is -2.13. The second-order valence-corrected chi connectivity index (χ2v) is 6.76. The minimum absolute atomic E-state index is 0.381. The van der Waals surface area contributed by atoms with E-state index in [2.05, 4.69) is 5.32 Å². The molecule has 1 N–H and O–H groups in total. The second kappa shape index (κ2) is 9.08. The molecule has 0 fully saturated rings. The van der Waals surface area contributed by atoms with E-state index in [1.807, 2.05) is 6.92 Å². The second-order valence-electron chi connectivity index (χ2n) is 5.54. The van der Waals surface area contributed by atoms with Crippen LogP contribution in [0.5, 0.6) is 0 Å². The first kappa shape index (κ1) is 20.3. The lowest BCUT2D eigenvalue weighted by molar-refractivity contribution is -0.148. The predicted molar refractivity (Wildman–Crippen MR) is 106 cm³/mol. The highest BCUT2D eigenvalue weighted by Gasteiger charge is 2.17. The molecule has 0 heterocycles. The third kappa shape index (κ3) is 5.77. The Labute approximate surface area is 166 Å². The van der Waals surface area contributed by atoms with Gasteiger partial charge in [0.1, 0.15) is 0 Å². The highest BCUT2D eigenvalue weighted by molar-refractivity contribution is 6.42. The molecular weight excluding hydrogens is 397 g/mol. The van der Waals surface area contributed by atoms with Crippen LogP contribution in [0, 0.1) is 6.92 Å². The summed E-state index contributed by atoms with van der Waals surface area (Å²) in [6, 6.07) is 10.1. The van der Waals surface area contributed by atoms with Crippen LogP contribution in [-0.2, 0) is 14.3 Å². The number of hydrogen-bond donors (Lipinski definition) is 1.